The van der Waals surface area contributed by atoms with Crippen LogP contribution in [0.25, 0.3) is 27.8 Å². The molecule has 0 radical (unpaired) electrons. The van der Waals surface area contributed by atoms with Crippen LogP contribution < -0.4 is 5.73 Å². The molecule has 0 amide bonds. The summed E-state index contributed by atoms with van der Waals surface area (Å²) in [5.74, 6) is 0.672. The molecule has 0 bridgehead atoms. The lowest BCUT2D eigenvalue weighted by Crippen LogP contribution is -2.04. The van der Waals surface area contributed by atoms with E-state index in [1.54, 1.807) is 6.07 Å². The SMILES string of the molecule is Cc1ccc(O)c(C)c1-n1c2ncnc(N)c2c2c(C)c(C)c(C)nc21. The normalized spacial score (nSPS) is 11.6. The van der Waals surface area contributed by atoms with Gasteiger partial charge in [0.25, 0.3) is 0 Å². The van der Waals surface area contributed by atoms with Crippen molar-refractivity contribution in [3.8, 4) is 11.4 Å². The summed E-state index contributed by atoms with van der Waals surface area (Å²) in [7, 11) is 0. The molecule has 3 aromatic heterocycles. The number of aryl methyl sites for hydroxylation is 3. The number of aromatic nitrogens is 4. The van der Waals surface area contributed by atoms with E-state index in [9.17, 15) is 5.11 Å². The van der Waals surface area contributed by atoms with E-state index < -0.39 is 0 Å². The van der Waals surface area contributed by atoms with Crippen molar-refractivity contribution in [2.75, 3.05) is 5.73 Å². The van der Waals surface area contributed by atoms with Crippen LogP contribution in [0.4, 0.5) is 5.82 Å². The summed E-state index contributed by atoms with van der Waals surface area (Å²) in [6.07, 6.45) is 1.47. The van der Waals surface area contributed by atoms with E-state index in [1.165, 1.54) is 6.33 Å². The first-order valence-electron chi connectivity index (χ1n) is 8.50. The maximum absolute atomic E-state index is 10.3. The van der Waals surface area contributed by atoms with E-state index >= 15 is 0 Å². The lowest BCUT2D eigenvalue weighted by molar-refractivity contribution is 0.470. The number of hydrogen-bond acceptors (Lipinski definition) is 5. The fourth-order valence-corrected chi connectivity index (χ4v) is 3.67. The second-order valence-corrected chi connectivity index (χ2v) is 6.81. The Labute approximate surface area is 151 Å². The number of anilines is 1. The highest BCUT2D eigenvalue weighted by molar-refractivity contribution is 6.13. The summed E-state index contributed by atoms with van der Waals surface area (Å²) < 4.78 is 1.99. The fraction of sp³-hybridized carbons (Fsp3) is 0.250. The van der Waals surface area contributed by atoms with Gasteiger partial charge in [0.05, 0.1) is 11.1 Å². The van der Waals surface area contributed by atoms with Crippen molar-refractivity contribution in [3.05, 3.63) is 46.4 Å². The monoisotopic (exact) mass is 347 g/mol. The Kier molecular flexibility index (Phi) is 3.41. The molecule has 1 aromatic carbocycles. The smallest absolute Gasteiger partial charge is 0.152 e. The molecule has 3 N–H and O–H groups in total. The molecule has 0 saturated heterocycles. The standard InChI is InChI=1S/C20H21N5O/c1-9-6-7-14(26)12(4)17(9)25-19-16(18(21)22-8-23-19)15-11(3)10(2)13(5)24-20(15)25/h6-8,26H,1-5H3,(H2,21,22,23). The second kappa shape index (κ2) is 5.42. The number of fused-ring (bicyclic) bond motifs is 3. The van der Waals surface area contributed by atoms with Crippen molar-refractivity contribution in [3.63, 3.8) is 0 Å². The van der Waals surface area contributed by atoms with E-state index in [0.29, 0.717) is 11.5 Å². The third-order valence-corrected chi connectivity index (χ3v) is 5.34. The molecule has 4 rings (SSSR count). The zero-order valence-corrected chi connectivity index (χ0v) is 15.5. The summed E-state index contributed by atoms with van der Waals surface area (Å²) in [4.78, 5) is 13.6. The van der Waals surface area contributed by atoms with E-state index in [4.69, 9.17) is 10.7 Å². The third kappa shape index (κ3) is 2.02. The van der Waals surface area contributed by atoms with E-state index in [1.807, 2.05) is 31.4 Å². The Morgan fingerprint density at radius 1 is 0.885 bits per heavy atom. The first-order valence-corrected chi connectivity index (χ1v) is 8.50. The number of phenolic OH excluding ortho intramolecular Hbond substituents is 1. The highest BCUT2D eigenvalue weighted by atomic mass is 16.3. The molecular formula is C20H21N5O. The molecular weight excluding hydrogens is 326 g/mol. The summed E-state index contributed by atoms with van der Waals surface area (Å²) in [5, 5.41) is 12.0. The molecule has 0 saturated carbocycles. The van der Waals surface area contributed by atoms with Gasteiger partial charge in [-0.2, -0.15) is 0 Å². The topological polar surface area (TPSA) is 89.8 Å². The van der Waals surface area contributed by atoms with Crippen LogP contribution in [0, 0.1) is 34.6 Å². The van der Waals surface area contributed by atoms with Gasteiger partial charge in [0.2, 0.25) is 0 Å². The summed E-state index contributed by atoms with van der Waals surface area (Å²) in [6.45, 7) is 10.0. The molecule has 0 spiro atoms. The summed E-state index contributed by atoms with van der Waals surface area (Å²) in [6, 6.07) is 3.60. The number of nitrogens with two attached hydrogens (primary N) is 1. The van der Waals surface area contributed by atoms with Gasteiger partial charge >= 0.3 is 0 Å². The van der Waals surface area contributed by atoms with Gasteiger partial charge in [-0.1, -0.05) is 6.07 Å². The molecule has 0 aliphatic rings. The molecule has 4 aromatic rings. The molecule has 26 heavy (non-hydrogen) atoms. The van der Waals surface area contributed by atoms with E-state index in [-0.39, 0.29) is 5.75 Å². The number of rotatable bonds is 1. The van der Waals surface area contributed by atoms with Gasteiger partial charge in [0, 0.05) is 16.6 Å². The van der Waals surface area contributed by atoms with Crippen LogP contribution in [0.15, 0.2) is 18.5 Å². The predicted molar refractivity (Wildman–Crippen MR) is 104 cm³/mol. The van der Waals surface area contributed by atoms with Crippen molar-refractivity contribution < 1.29 is 5.11 Å². The van der Waals surface area contributed by atoms with Crippen LogP contribution in [0.1, 0.15) is 27.9 Å². The number of pyridine rings is 1. The zero-order chi connectivity index (χ0) is 18.7. The van der Waals surface area contributed by atoms with Gasteiger partial charge in [-0.05, 0) is 57.4 Å². The lowest BCUT2D eigenvalue weighted by Gasteiger charge is -2.15. The molecule has 3 heterocycles. The van der Waals surface area contributed by atoms with Crippen molar-refractivity contribution >= 4 is 27.9 Å². The van der Waals surface area contributed by atoms with Crippen molar-refractivity contribution in [2.24, 2.45) is 0 Å². The van der Waals surface area contributed by atoms with Crippen LogP contribution in [0.5, 0.6) is 5.75 Å². The molecule has 6 nitrogen and oxygen atoms in total. The second-order valence-electron chi connectivity index (χ2n) is 6.81. The maximum Gasteiger partial charge on any atom is 0.152 e. The average Bonchev–Trinajstić information content (AvgIpc) is 2.92. The minimum Gasteiger partial charge on any atom is -0.508 e. The van der Waals surface area contributed by atoms with Gasteiger partial charge in [-0.25, -0.2) is 15.0 Å². The molecule has 0 aliphatic carbocycles. The zero-order valence-electron chi connectivity index (χ0n) is 15.5. The molecule has 132 valence electrons. The molecule has 0 fully saturated rings. The first-order chi connectivity index (χ1) is 12.3. The number of hydrogen-bond donors (Lipinski definition) is 2. The Balaban J connectivity index is 2.34. The van der Waals surface area contributed by atoms with Crippen LogP contribution in [-0.2, 0) is 0 Å². The third-order valence-electron chi connectivity index (χ3n) is 5.34. The van der Waals surface area contributed by atoms with Crippen LogP contribution >= 0.6 is 0 Å². The van der Waals surface area contributed by atoms with Crippen LogP contribution in [-0.4, -0.2) is 24.6 Å². The largest absolute Gasteiger partial charge is 0.508 e. The van der Waals surface area contributed by atoms with E-state index in [2.05, 4.69) is 23.8 Å². The Morgan fingerprint density at radius 3 is 2.35 bits per heavy atom. The Hall–Kier alpha value is -3.15. The van der Waals surface area contributed by atoms with Gasteiger partial charge in [0.15, 0.2) is 5.65 Å². The number of phenols is 1. The average molecular weight is 347 g/mol. The lowest BCUT2D eigenvalue weighted by atomic mass is 10.0. The Bertz CT molecular complexity index is 1210. The number of nitrogens with zero attached hydrogens (tertiary/aromatic N) is 4. The highest BCUT2D eigenvalue weighted by Crippen LogP contribution is 2.38. The van der Waals surface area contributed by atoms with Crippen LogP contribution in [0.2, 0.25) is 0 Å². The minimum absolute atomic E-state index is 0.239. The predicted octanol–water partition coefficient (Wildman–Crippen LogP) is 3.80. The number of aromatic hydroxyl groups is 1. The van der Waals surface area contributed by atoms with Gasteiger partial charge < -0.3 is 10.8 Å². The van der Waals surface area contributed by atoms with Crippen LogP contribution in [0.3, 0.4) is 0 Å². The number of benzene rings is 1. The quantitative estimate of drug-likeness (QED) is 0.546. The van der Waals surface area contributed by atoms with Crippen molar-refractivity contribution in [1.29, 1.82) is 0 Å². The summed E-state index contributed by atoms with van der Waals surface area (Å²) in [5.41, 5.74) is 13.6. The van der Waals surface area contributed by atoms with Crippen molar-refractivity contribution in [1.82, 2.24) is 19.5 Å². The molecule has 0 unspecified atom stereocenters. The molecule has 0 aliphatic heterocycles. The highest BCUT2D eigenvalue weighted by Gasteiger charge is 2.23. The van der Waals surface area contributed by atoms with Gasteiger partial charge in [-0.3, -0.25) is 4.57 Å². The number of nitrogen functional groups attached to an aromatic ring is 1. The van der Waals surface area contributed by atoms with Gasteiger partial charge in [-0.15, -0.1) is 0 Å². The molecule has 6 heteroatoms. The first kappa shape index (κ1) is 16.3. The maximum atomic E-state index is 10.3. The van der Waals surface area contributed by atoms with E-state index in [0.717, 1.165) is 50.1 Å². The van der Waals surface area contributed by atoms with Gasteiger partial charge in [0.1, 0.15) is 23.5 Å². The summed E-state index contributed by atoms with van der Waals surface area (Å²) >= 11 is 0. The molecule has 0 atom stereocenters. The fourth-order valence-electron chi connectivity index (χ4n) is 3.67. The minimum atomic E-state index is 0.239. The Morgan fingerprint density at radius 2 is 1.62 bits per heavy atom. The van der Waals surface area contributed by atoms with Crippen molar-refractivity contribution in [2.45, 2.75) is 34.6 Å².